The Labute approximate surface area is 204 Å². The van der Waals surface area contributed by atoms with Crippen molar-refractivity contribution in [3.8, 4) is 11.8 Å². The number of esters is 1. The predicted molar refractivity (Wildman–Crippen MR) is 132 cm³/mol. The Morgan fingerprint density at radius 2 is 1.91 bits per heavy atom. The second-order valence-corrected chi connectivity index (χ2v) is 8.16. The summed E-state index contributed by atoms with van der Waals surface area (Å²) in [6, 6.07) is 6.72. The lowest BCUT2D eigenvalue weighted by atomic mass is 9.89. The molecule has 3 heterocycles. The van der Waals surface area contributed by atoms with Crippen molar-refractivity contribution in [3.05, 3.63) is 59.0 Å². The fourth-order valence-electron chi connectivity index (χ4n) is 4.36. The summed E-state index contributed by atoms with van der Waals surface area (Å²) in [4.78, 5) is 21.1. The van der Waals surface area contributed by atoms with E-state index < -0.39 is 5.97 Å². The molecule has 0 spiro atoms. The molecule has 0 N–H and O–H groups in total. The number of carbonyl (C=O) groups is 1. The minimum Gasteiger partial charge on any atom is -0.479 e. The zero-order valence-corrected chi connectivity index (χ0v) is 20.5. The number of benzene rings is 1. The summed E-state index contributed by atoms with van der Waals surface area (Å²) >= 11 is 0. The van der Waals surface area contributed by atoms with Crippen molar-refractivity contribution in [2.24, 2.45) is 0 Å². The van der Waals surface area contributed by atoms with E-state index >= 15 is 0 Å². The van der Waals surface area contributed by atoms with E-state index in [2.05, 4.69) is 45.3 Å². The Balaban J connectivity index is 0.00000274. The lowest BCUT2D eigenvalue weighted by Crippen LogP contribution is -2.12. The van der Waals surface area contributed by atoms with Crippen LogP contribution in [0.15, 0.2) is 36.8 Å². The largest absolute Gasteiger partial charge is 0.479 e. The Kier molecular flexibility index (Phi) is 6.87. The van der Waals surface area contributed by atoms with Crippen LogP contribution in [0.3, 0.4) is 0 Å². The fraction of sp³-hybridized carbons (Fsp3) is 0.375. The Morgan fingerprint density at radius 1 is 1.12 bits per heavy atom. The molecule has 1 aliphatic carbocycles. The molecule has 0 amide bonds. The summed E-state index contributed by atoms with van der Waals surface area (Å²) in [5.41, 5.74) is 5.76. The first-order valence-electron chi connectivity index (χ1n) is 11.2. The topological polar surface area (TPSA) is 97.0 Å². The van der Waals surface area contributed by atoms with E-state index in [9.17, 15) is 4.79 Å². The highest BCUT2D eigenvalue weighted by Crippen LogP contribution is 2.31. The fourth-order valence-corrected chi connectivity index (χ4v) is 4.36. The van der Waals surface area contributed by atoms with Gasteiger partial charge in [0.25, 0.3) is 5.95 Å². The van der Waals surface area contributed by atoms with Gasteiger partial charge in [0, 0.05) is 6.20 Å². The molecule has 178 valence electrons. The van der Waals surface area contributed by atoms with Gasteiger partial charge in [0.1, 0.15) is 11.0 Å². The molecule has 0 unspecified atom stereocenters. The van der Waals surface area contributed by atoms with Gasteiger partial charge in [0.05, 0.1) is 37.7 Å². The third-order valence-electron chi connectivity index (χ3n) is 6.11. The number of aryl methyl sites for hydroxylation is 2. The molecule has 9 nitrogen and oxygen atoms in total. The smallest absolute Gasteiger partial charge is 0.341 e. The second-order valence-electron chi connectivity index (χ2n) is 8.16. The maximum atomic E-state index is 12.0. The first-order chi connectivity index (χ1) is 16.1. The molecule has 0 saturated heterocycles. The van der Waals surface area contributed by atoms with Crippen LogP contribution in [0.25, 0.3) is 17.0 Å². The van der Waals surface area contributed by atoms with E-state index in [1.807, 2.05) is 4.68 Å². The van der Waals surface area contributed by atoms with Crippen LogP contribution in [-0.4, -0.2) is 49.2 Å². The molecule has 1 aromatic carbocycles. The standard InChI is InChI=1S/C24H26N6O3.H2S/c1-4-33-23(31)19-12-25-29(14-19)24-27-20-13-26-30(21(20)22(28-24)32-3)15(2)17-10-9-16-7-5-6-8-18(16)11-17;/h9-15H,4-8H2,1-3H3;1H2/t15-;/m0./s1. The maximum Gasteiger partial charge on any atom is 0.341 e. The molecular formula is C24H28N6O3S. The average Bonchev–Trinajstić information content (AvgIpc) is 3.50. The summed E-state index contributed by atoms with van der Waals surface area (Å²) in [5, 5.41) is 8.83. The Morgan fingerprint density at radius 3 is 2.68 bits per heavy atom. The van der Waals surface area contributed by atoms with Gasteiger partial charge in [0.2, 0.25) is 5.88 Å². The van der Waals surface area contributed by atoms with Gasteiger partial charge < -0.3 is 9.47 Å². The van der Waals surface area contributed by atoms with Crippen LogP contribution < -0.4 is 4.74 Å². The van der Waals surface area contributed by atoms with Crippen molar-refractivity contribution in [2.75, 3.05) is 13.7 Å². The number of carbonyl (C=O) groups excluding carboxylic acids is 1. The summed E-state index contributed by atoms with van der Waals surface area (Å²) in [5.74, 6) is 0.241. The third kappa shape index (κ3) is 4.25. The molecule has 3 aromatic heterocycles. The summed E-state index contributed by atoms with van der Waals surface area (Å²) < 4.78 is 14.0. The minimum atomic E-state index is -0.441. The van der Waals surface area contributed by atoms with Crippen molar-refractivity contribution in [2.45, 2.75) is 45.6 Å². The first kappa shape index (κ1) is 23.7. The molecule has 0 aliphatic heterocycles. The van der Waals surface area contributed by atoms with Crippen LogP contribution in [0.5, 0.6) is 5.88 Å². The van der Waals surface area contributed by atoms with Gasteiger partial charge in [-0.3, -0.25) is 4.68 Å². The average molecular weight is 481 g/mol. The number of methoxy groups -OCH3 is 1. The second kappa shape index (κ2) is 9.84. The zero-order chi connectivity index (χ0) is 22.9. The van der Waals surface area contributed by atoms with Gasteiger partial charge in [-0.1, -0.05) is 18.2 Å². The van der Waals surface area contributed by atoms with Crippen LogP contribution in [0.4, 0.5) is 0 Å². The van der Waals surface area contributed by atoms with Gasteiger partial charge >= 0.3 is 5.97 Å². The van der Waals surface area contributed by atoms with Crippen LogP contribution in [0.2, 0.25) is 0 Å². The highest BCUT2D eigenvalue weighted by atomic mass is 32.1. The number of fused-ring (bicyclic) bond motifs is 2. The predicted octanol–water partition coefficient (Wildman–Crippen LogP) is 3.80. The summed E-state index contributed by atoms with van der Waals surface area (Å²) in [7, 11) is 1.57. The molecule has 1 atom stereocenters. The van der Waals surface area contributed by atoms with Crippen molar-refractivity contribution in [1.29, 1.82) is 0 Å². The number of hydrogen-bond acceptors (Lipinski definition) is 7. The minimum absolute atomic E-state index is 0. The summed E-state index contributed by atoms with van der Waals surface area (Å²) in [6.07, 6.45) is 9.46. The molecule has 1 aliphatic rings. The molecule has 0 radical (unpaired) electrons. The van der Waals surface area contributed by atoms with Gasteiger partial charge in [-0.15, -0.1) is 0 Å². The third-order valence-corrected chi connectivity index (χ3v) is 6.11. The van der Waals surface area contributed by atoms with Crippen LogP contribution in [0.1, 0.15) is 59.8 Å². The van der Waals surface area contributed by atoms with E-state index in [4.69, 9.17) is 9.47 Å². The van der Waals surface area contributed by atoms with Gasteiger partial charge in [-0.25, -0.2) is 14.5 Å². The highest BCUT2D eigenvalue weighted by molar-refractivity contribution is 7.59. The number of rotatable bonds is 6. The summed E-state index contributed by atoms with van der Waals surface area (Å²) in [6.45, 7) is 4.17. The van der Waals surface area contributed by atoms with Crippen molar-refractivity contribution < 1.29 is 14.3 Å². The molecule has 0 bridgehead atoms. The quantitative estimate of drug-likeness (QED) is 0.387. The van der Waals surface area contributed by atoms with Crippen LogP contribution >= 0.6 is 13.5 Å². The molecule has 34 heavy (non-hydrogen) atoms. The Hall–Kier alpha value is -3.40. The van der Waals surface area contributed by atoms with E-state index in [1.54, 1.807) is 26.4 Å². The first-order valence-corrected chi connectivity index (χ1v) is 11.2. The lowest BCUT2D eigenvalue weighted by Gasteiger charge is -2.20. The molecule has 10 heteroatoms. The molecule has 0 saturated carbocycles. The number of hydrogen-bond donors (Lipinski definition) is 0. The lowest BCUT2D eigenvalue weighted by molar-refractivity contribution is 0.0526. The molecule has 4 aromatic rings. The van der Waals surface area contributed by atoms with E-state index in [0.29, 0.717) is 29.1 Å². The van der Waals surface area contributed by atoms with Crippen LogP contribution in [0, 0.1) is 0 Å². The maximum absolute atomic E-state index is 12.0. The normalized spacial score (nSPS) is 13.7. The monoisotopic (exact) mass is 480 g/mol. The van der Waals surface area contributed by atoms with E-state index in [1.165, 1.54) is 40.4 Å². The molecular weight excluding hydrogens is 452 g/mol. The molecule has 5 rings (SSSR count). The van der Waals surface area contributed by atoms with E-state index in [-0.39, 0.29) is 25.5 Å². The van der Waals surface area contributed by atoms with E-state index in [0.717, 1.165) is 12.8 Å². The highest BCUT2D eigenvalue weighted by Gasteiger charge is 2.21. The van der Waals surface area contributed by atoms with Gasteiger partial charge in [0.15, 0.2) is 0 Å². The van der Waals surface area contributed by atoms with Crippen LogP contribution in [-0.2, 0) is 17.6 Å². The van der Waals surface area contributed by atoms with Gasteiger partial charge in [-0.2, -0.15) is 28.7 Å². The zero-order valence-electron chi connectivity index (χ0n) is 19.5. The van der Waals surface area contributed by atoms with Crippen molar-refractivity contribution in [3.63, 3.8) is 0 Å². The SMILES string of the molecule is CCOC(=O)c1cnn(-c2nc(OC)c3c(cnn3[C@@H](C)c3ccc4c(c3)CCCC4)n2)c1.S. The number of ether oxygens (including phenoxy) is 2. The van der Waals surface area contributed by atoms with Gasteiger partial charge in [-0.05, 0) is 56.2 Å². The molecule has 0 fully saturated rings. The van der Waals surface area contributed by atoms with Crippen molar-refractivity contribution in [1.82, 2.24) is 29.5 Å². The van der Waals surface area contributed by atoms with Crippen molar-refractivity contribution >= 4 is 30.5 Å². The number of aromatic nitrogens is 6. The Bertz CT molecular complexity index is 1330. The number of nitrogens with zero attached hydrogens (tertiary/aromatic N) is 6.